The van der Waals surface area contributed by atoms with E-state index in [2.05, 4.69) is 20.1 Å². The van der Waals surface area contributed by atoms with E-state index in [4.69, 9.17) is 16.0 Å². The number of rotatable bonds is 4. The third kappa shape index (κ3) is 3.25. The SMILES string of the molecule is O=C(c1cc(Cl)c[nH]1)N1CCN(Cc2nnc(C3CC3)o2)CC1. The van der Waals surface area contributed by atoms with Gasteiger partial charge in [-0.3, -0.25) is 9.69 Å². The lowest BCUT2D eigenvalue weighted by atomic mass is 10.2. The molecule has 4 rings (SSSR count). The molecule has 122 valence electrons. The Labute approximate surface area is 138 Å². The fraction of sp³-hybridized carbons (Fsp3) is 0.533. The summed E-state index contributed by atoms with van der Waals surface area (Å²) in [6.07, 6.45) is 3.94. The van der Waals surface area contributed by atoms with Gasteiger partial charge < -0.3 is 14.3 Å². The third-order valence-corrected chi connectivity index (χ3v) is 4.52. The molecule has 7 nitrogen and oxygen atoms in total. The minimum atomic E-state index is -0.00893. The van der Waals surface area contributed by atoms with E-state index in [1.807, 2.05) is 4.90 Å². The average molecular weight is 336 g/mol. The van der Waals surface area contributed by atoms with Crippen molar-refractivity contribution in [1.29, 1.82) is 0 Å². The molecule has 0 unspecified atom stereocenters. The smallest absolute Gasteiger partial charge is 0.270 e. The van der Waals surface area contributed by atoms with Crippen LogP contribution in [0.1, 0.15) is 41.0 Å². The van der Waals surface area contributed by atoms with Crippen LogP contribution in [0.2, 0.25) is 5.02 Å². The normalized spacial score (nSPS) is 19.3. The van der Waals surface area contributed by atoms with Gasteiger partial charge in [0.05, 0.1) is 11.6 Å². The Hall–Kier alpha value is -1.86. The highest BCUT2D eigenvalue weighted by atomic mass is 35.5. The fourth-order valence-electron chi connectivity index (χ4n) is 2.79. The van der Waals surface area contributed by atoms with Gasteiger partial charge in [0.1, 0.15) is 5.69 Å². The molecule has 1 aliphatic carbocycles. The molecule has 2 aliphatic rings. The van der Waals surface area contributed by atoms with Gasteiger partial charge in [0.25, 0.3) is 5.91 Å². The summed E-state index contributed by atoms with van der Waals surface area (Å²) in [4.78, 5) is 19.3. The Bertz CT molecular complexity index is 700. The van der Waals surface area contributed by atoms with Crippen LogP contribution < -0.4 is 0 Å². The lowest BCUT2D eigenvalue weighted by molar-refractivity contribution is 0.0612. The molecule has 2 fully saturated rings. The molecule has 0 bridgehead atoms. The van der Waals surface area contributed by atoms with Gasteiger partial charge in [-0.25, -0.2) is 0 Å². The van der Waals surface area contributed by atoms with Crippen LogP contribution in [0, 0.1) is 0 Å². The van der Waals surface area contributed by atoms with Gasteiger partial charge in [0, 0.05) is 38.3 Å². The van der Waals surface area contributed by atoms with Crippen molar-refractivity contribution in [2.45, 2.75) is 25.3 Å². The van der Waals surface area contributed by atoms with Crippen molar-refractivity contribution < 1.29 is 9.21 Å². The van der Waals surface area contributed by atoms with Gasteiger partial charge in [-0.2, -0.15) is 0 Å². The van der Waals surface area contributed by atoms with Crippen LogP contribution in [0.25, 0.3) is 0 Å². The largest absolute Gasteiger partial charge is 0.424 e. The molecule has 2 aromatic rings. The first kappa shape index (κ1) is 14.7. The number of nitrogens with zero attached hydrogens (tertiary/aromatic N) is 4. The summed E-state index contributed by atoms with van der Waals surface area (Å²) < 4.78 is 5.69. The summed E-state index contributed by atoms with van der Waals surface area (Å²) in [6, 6.07) is 1.66. The molecule has 0 atom stereocenters. The molecule has 2 aromatic heterocycles. The lowest BCUT2D eigenvalue weighted by Crippen LogP contribution is -2.48. The Morgan fingerprint density at radius 1 is 1.30 bits per heavy atom. The van der Waals surface area contributed by atoms with E-state index in [1.165, 1.54) is 0 Å². The van der Waals surface area contributed by atoms with Gasteiger partial charge >= 0.3 is 0 Å². The first-order valence-corrected chi connectivity index (χ1v) is 8.24. The second-order valence-electron chi connectivity index (χ2n) is 6.11. The Morgan fingerprint density at radius 2 is 2.09 bits per heavy atom. The van der Waals surface area contributed by atoms with Gasteiger partial charge in [-0.15, -0.1) is 10.2 Å². The molecule has 1 amide bonds. The summed E-state index contributed by atoms with van der Waals surface area (Å²) in [5, 5.41) is 8.77. The third-order valence-electron chi connectivity index (χ3n) is 4.31. The van der Waals surface area contributed by atoms with Crippen molar-refractivity contribution in [3.8, 4) is 0 Å². The number of hydrogen-bond donors (Lipinski definition) is 1. The van der Waals surface area contributed by atoms with Crippen LogP contribution in [-0.2, 0) is 6.54 Å². The summed E-state index contributed by atoms with van der Waals surface area (Å²) in [6.45, 7) is 3.59. The summed E-state index contributed by atoms with van der Waals surface area (Å²) in [5.74, 6) is 1.92. The Balaban J connectivity index is 1.30. The summed E-state index contributed by atoms with van der Waals surface area (Å²) >= 11 is 5.85. The topological polar surface area (TPSA) is 78.3 Å². The van der Waals surface area contributed by atoms with E-state index in [1.54, 1.807) is 12.3 Å². The number of nitrogens with one attached hydrogen (secondary N) is 1. The van der Waals surface area contributed by atoms with Gasteiger partial charge in [-0.05, 0) is 18.9 Å². The van der Waals surface area contributed by atoms with E-state index in [0.29, 0.717) is 42.2 Å². The first-order valence-electron chi connectivity index (χ1n) is 7.87. The van der Waals surface area contributed by atoms with Crippen molar-refractivity contribution in [2.24, 2.45) is 0 Å². The number of aromatic nitrogens is 3. The zero-order valence-electron chi connectivity index (χ0n) is 12.7. The van der Waals surface area contributed by atoms with Crippen molar-refractivity contribution in [1.82, 2.24) is 25.0 Å². The maximum absolute atomic E-state index is 12.3. The lowest BCUT2D eigenvalue weighted by Gasteiger charge is -2.33. The minimum absolute atomic E-state index is 0.00893. The maximum atomic E-state index is 12.3. The number of carbonyl (C=O) groups excluding carboxylic acids is 1. The molecule has 23 heavy (non-hydrogen) atoms. The van der Waals surface area contributed by atoms with E-state index in [-0.39, 0.29) is 5.91 Å². The van der Waals surface area contributed by atoms with E-state index in [9.17, 15) is 4.79 Å². The molecule has 0 spiro atoms. The molecular formula is C15H18ClN5O2. The van der Waals surface area contributed by atoms with Crippen LogP contribution in [-0.4, -0.2) is 57.1 Å². The van der Waals surface area contributed by atoms with Crippen LogP contribution in [0.15, 0.2) is 16.7 Å². The van der Waals surface area contributed by atoms with Crippen LogP contribution in [0.3, 0.4) is 0 Å². The molecule has 1 N–H and O–H groups in total. The molecule has 8 heteroatoms. The molecular weight excluding hydrogens is 318 g/mol. The number of aromatic amines is 1. The second-order valence-corrected chi connectivity index (χ2v) is 6.54. The molecule has 0 aromatic carbocycles. The molecule has 3 heterocycles. The molecule has 0 radical (unpaired) electrons. The standard InChI is InChI=1S/C15H18ClN5O2/c16-11-7-12(17-8-11)15(22)21-5-3-20(4-6-21)9-13-18-19-14(23-13)10-1-2-10/h7-8,10,17H,1-6,9H2. The number of hydrogen-bond acceptors (Lipinski definition) is 5. The molecule has 1 saturated carbocycles. The summed E-state index contributed by atoms with van der Waals surface area (Å²) in [7, 11) is 0. The molecule has 1 saturated heterocycles. The van der Waals surface area contributed by atoms with E-state index in [0.717, 1.165) is 31.8 Å². The highest BCUT2D eigenvalue weighted by molar-refractivity contribution is 6.30. The number of amides is 1. The van der Waals surface area contributed by atoms with Crippen LogP contribution in [0.4, 0.5) is 0 Å². The van der Waals surface area contributed by atoms with Crippen molar-refractivity contribution >= 4 is 17.5 Å². The number of H-pyrrole nitrogens is 1. The highest BCUT2D eigenvalue weighted by Gasteiger charge is 2.30. The quantitative estimate of drug-likeness (QED) is 0.923. The van der Waals surface area contributed by atoms with Crippen LogP contribution in [0.5, 0.6) is 0 Å². The Morgan fingerprint density at radius 3 is 2.74 bits per heavy atom. The van der Waals surface area contributed by atoms with Gasteiger partial charge in [-0.1, -0.05) is 11.6 Å². The zero-order valence-corrected chi connectivity index (χ0v) is 13.4. The average Bonchev–Trinajstić information content (AvgIpc) is 3.16. The number of piperazine rings is 1. The van der Waals surface area contributed by atoms with Gasteiger partial charge in [0.2, 0.25) is 11.8 Å². The predicted molar refractivity (Wildman–Crippen MR) is 83.3 cm³/mol. The number of carbonyl (C=O) groups is 1. The number of halogens is 1. The van der Waals surface area contributed by atoms with Crippen molar-refractivity contribution in [3.05, 3.63) is 34.8 Å². The van der Waals surface area contributed by atoms with Crippen LogP contribution >= 0.6 is 11.6 Å². The van der Waals surface area contributed by atoms with Crippen molar-refractivity contribution in [3.63, 3.8) is 0 Å². The summed E-state index contributed by atoms with van der Waals surface area (Å²) in [5.41, 5.74) is 0.537. The second kappa shape index (κ2) is 5.98. The van der Waals surface area contributed by atoms with Gasteiger partial charge in [0.15, 0.2) is 0 Å². The van der Waals surface area contributed by atoms with E-state index < -0.39 is 0 Å². The minimum Gasteiger partial charge on any atom is -0.424 e. The van der Waals surface area contributed by atoms with Crippen molar-refractivity contribution in [2.75, 3.05) is 26.2 Å². The monoisotopic (exact) mass is 335 g/mol. The first-order chi connectivity index (χ1) is 11.2. The molecule has 1 aliphatic heterocycles. The zero-order chi connectivity index (χ0) is 15.8. The highest BCUT2D eigenvalue weighted by Crippen LogP contribution is 2.39. The Kier molecular flexibility index (Phi) is 3.82. The van der Waals surface area contributed by atoms with E-state index >= 15 is 0 Å². The fourth-order valence-corrected chi connectivity index (χ4v) is 2.95. The maximum Gasteiger partial charge on any atom is 0.270 e. The predicted octanol–water partition coefficient (Wildman–Crippen LogP) is 1.89.